The predicted molar refractivity (Wildman–Crippen MR) is 134 cm³/mol. The highest BCUT2D eigenvalue weighted by Crippen LogP contribution is 2.38. The average Bonchev–Trinajstić information content (AvgIpc) is 3.30. The number of benzene rings is 1. The third kappa shape index (κ3) is 3.76. The second-order valence-electron chi connectivity index (χ2n) is 10.0. The number of fused-ring (bicyclic) bond motifs is 3. The summed E-state index contributed by atoms with van der Waals surface area (Å²) in [5.74, 6) is 1.57. The molecular weight excluding hydrogens is 444 g/mol. The molecular formula is C25H28N8S. The molecule has 5 heterocycles. The highest BCUT2D eigenvalue weighted by atomic mass is 32.1. The Morgan fingerprint density at radius 1 is 0.971 bits per heavy atom. The minimum atomic E-state index is 0.507. The summed E-state index contributed by atoms with van der Waals surface area (Å²) in [6.07, 6.45) is 14.6. The van der Waals surface area contributed by atoms with Gasteiger partial charge in [0.1, 0.15) is 5.69 Å². The number of hydrogen-bond donors (Lipinski definition) is 2. The van der Waals surface area contributed by atoms with Crippen molar-refractivity contribution >= 4 is 27.5 Å². The molecule has 8 nitrogen and oxygen atoms in total. The maximum Gasteiger partial charge on any atom is 0.245 e. The van der Waals surface area contributed by atoms with E-state index in [2.05, 4.69) is 47.7 Å². The Morgan fingerprint density at radius 2 is 1.82 bits per heavy atom. The summed E-state index contributed by atoms with van der Waals surface area (Å²) in [4.78, 5) is 12.0. The Hall–Kier alpha value is -2.91. The van der Waals surface area contributed by atoms with Crippen LogP contribution in [-0.4, -0.2) is 55.0 Å². The highest BCUT2D eigenvalue weighted by Gasteiger charge is 2.37. The number of H-pyrrole nitrogens is 1. The number of rotatable bonds is 6. The summed E-state index contributed by atoms with van der Waals surface area (Å²) in [7, 11) is 0. The molecule has 9 heteroatoms. The van der Waals surface area contributed by atoms with Crippen LogP contribution in [-0.2, 0) is 0 Å². The molecule has 7 rings (SSSR count). The number of piperidine rings is 2. The highest BCUT2D eigenvalue weighted by molar-refractivity contribution is 7.17. The number of nitrogens with zero attached hydrogens (tertiary/aromatic N) is 6. The van der Waals surface area contributed by atoms with Crippen molar-refractivity contribution in [1.82, 2.24) is 35.7 Å². The molecule has 2 atom stereocenters. The van der Waals surface area contributed by atoms with Gasteiger partial charge < -0.3 is 10.2 Å². The lowest BCUT2D eigenvalue weighted by atomic mass is 9.83. The second-order valence-corrected chi connectivity index (χ2v) is 10.9. The number of anilines is 1. The SMILES string of the molecule is c1nc2c(-c3cn[nH]c3)ccc(-c3cnc(N(CC4CC4)C4C[C@@H]5CCC[C@@H](C4)N5)nn3)c2s1. The van der Waals surface area contributed by atoms with Gasteiger partial charge in [-0.15, -0.1) is 21.5 Å². The molecule has 3 fully saturated rings. The van der Waals surface area contributed by atoms with Gasteiger partial charge in [-0.3, -0.25) is 5.10 Å². The van der Waals surface area contributed by atoms with E-state index in [1.807, 2.05) is 24.1 Å². The maximum atomic E-state index is 4.87. The monoisotopic (exact) mass is 472 g/mol. The lowest BCUT2D eigenvalue weighted by Gasteiger charge is -2.44. The van der Waals surface area contributed by atoms with Gasteiger partial charge in [-0.2, -0.15) is 5.10 Å². The first kappa shape index (κ1) is 20.5. The molecule has 2 saturated heterocycles. The molecule has 3 aliphatic rings. The van der Waals surface area contributed by atoms with Crippen molar-refractivity contribution in [3.63, 3.8) is 0 Å². The van der Waals surface area contributed by atoms with Crippen molar-refractivity contribution in [2.75, 3.05) is 11.4 Å². The van der Waals surface area contributed by atoms with Crippen LogP contribution in [0.2, 0.25) is 0 Å². The van der Waals surface area contributed by atoms with E-state index in [1.54, 1.807) is 11.3 Å². The van der Waals surface area contributed by atoms with Gasteiger partial charge in [-0.1, -0.05) is 18.6 Å². The number of thiazole rings is 1. The fourth-order valence-electron chi connectivity index (χ4n) is 5.77. The van der Waals surface area contributed by atoms with Crippen molar-refractivity contribution in [2.45, 2.75) is 63.1 Å². The van der Waals surface area contributed by atoms with Crippen LogP contribution in [0.15, 0.2) is 36.2 Å². The first-order chi connectivity index (χ1) is 16.8. The molecule has 0 radical (unpaired) electrons. The molecule has 1 saturated carbocycles. The van der Waals surface area contributed by atoms with E-state index in [4.69, 9.17) is 4.98 Å². The van der Waals surface area contributed by atoms with Gasteiger partial charge in [0.15, 0.2) is 0 Å². The number of aromatic nitrogens is 6. The maximum absolute atomic E-state index is 4.87. The van der Waals surface area contributed by atoms with Gasteiger partial charge in [0.05, 0.1) is 28.1 Å². The zero-order chi connectivity index (χ0) is 22.5. The molecule has 2 N–H and O–H groups in total. The van der Waals surface area contributed by atoms with Gasteiger partial charge in [0, 0.05) is 47.6 Å². The van der Waals surface area contributed by atoms with E-state index >= 15 is 0 Å². The summed E-state index contributed by atoms with van der Waals surface area (Å²) in [5.41, 5.74) is 6.78. The Bertz CT molecular complexity index is 1270. The van der Waals surface area contributed by atoms with Gasteiger partial charge >= 0.3 is 0 Å². The summed E-state index contributed by atoms with van der Waals surface area (Å²) in [5, 5.41) is 20.2. The molecule has 1 aromatic carbocycles. The van der Waals surface area contributed by atoms with E-state index < -0.39 is 0 Å². The molecule has 3 aromatic heterocycles. The summed E-state index contributed by atoms with van der Waals surface area (Å²) < 4.78 is 1.10. The Balaban J connectivity index is 1.20. The fourth-order valence-corrected chi connectivity index (χ4v) is 6.61. The average molecular weight is 473 g/mol. The Labute approximate surface area is 202 Å². The van der Waals surface area contributed by atoms with Crippen LogP contribution in [0.5, 0.6) is 0 Å². The third-order valence-electron chi connectivity index (χ3n) is 7.66. The predicted octanol–water partition coefficient (Wildman–Crippen LogP) is 4.43. The number of aromatic amines is 1. The van der Waals surface area contributed by atoms with Crippen molar-refractivity contribution in [3.05, 3.63) is 36.2 Å². The molecule has 4 aromatic rings. The first-order valence-electron chi connectivity index (χ1n) is 12.4. The van der Waals surface area contributed by atoms with Crippen molar-refractivity contribution in [2.24, 2.45) is 5.92 Å². The van der Waals surface area contributed by atoms with E-state index in [0.717, 1.165) is 51.0 Å². The number of nitrogens with one attached hydrogen (secondary N) is 2. The standard InChI is InChI=1S/C25H28N8S/c1-2-17-8-19(9-18(3-1)30-17)33(13-15-4-5-15)25-26-12-22(31-32-25)21-7-6-20(16-10-28-29-11-16)23-24(21)34-14-27-23/h6-7,10-12,14-15,17-19,30H,1-5,8-9,13H2,(H,28,29)/t17-,18-/m0/s1. The minimum Gasteiger partial charge on any atom is -0.336 e. The van der Waals surface area contributed by atoms with Crippen LogP contribution in [0.4, 0.5) is 5.95 Å². The molecule has 0 amide bonds. The normalized spacial score (nSPS) is 24.4. The van der Waals surface area contributed by atoms with Gasteiger partial charge in [0.2, 0.25) is 5.95 Å². The quantitative estimate of drug-likeness (QED) is 0.429. The lowest BCUT2D eigenvalue weighted by Crippen LogP contribution is -2.55. The molecule has 0 unspecified atom stereocenters. The number of hydrogen-bond acceptors (Lipinski definition) is 8. The summed E-state index contributed by atoms with van der Waals surface area (Å²) >= 11 is 1.62. The molecule has 34 heavy (non-hydrogen) atoms. The Kier molecular flexibility index (Phi) is 5.05. The lowest BCUT2D eigenvalue weighted by molar-refractivity contribution is 0.215. The topological polar surface area (TPSA) is 95.5 Å². The van der Waals surface area contributed by atoms with Crippen LogP contribution in [0.25, 0.3) is 32.6 Å². The summed E-state index contributed by atoms with van der Waals surface area (Å²) in [6, 6.07) is 5.97. The zero-order valence-corrected chi connectivity index (χ0v) is 19.8. The van der Waals surface area contributed by atoms with Crippen LogP contribution in [0, 0.1) is 5.92 Å². The van der Waals surface area contributed by atoms with Crippen molar-refractivity contribution < 1.29 is 0 Å². The first-order valence-corrected chi connectivity index (χ1v) is 13.3. The van der Waals surface area contributed by atoms with Gasteiger partial charge in [0.25, 0.3) is 0 Å². The Morgan fingerprint density at radius 3 is 2.56 bits per heavy atom. The van der Waals surface area contributed by atoms with Crippen LogP contribution < -0.4 is 10.2 Å². The second kappa shape index (κ2) is 8.39. The zero-order valence-electron chi connectivity index (χ0n) is 19.0. The fraction of sp³-hybridized carbons (Fsp3) is 0.480. The molecule has 174 valence electrons. The molecule has 1 aliphatic carbocycles. The van der Waals surface area contributed by atoms with Crippen LogP contribution >= 0.6 is 11.3 Å². The largest absolute Gasteiger partial charge is 0.336 e. The van der Waals surface area contributed by atoms with E-state index in [0.29, 0.717) is 18.1 Å². The van der Waals surface area contributed by atoms with Crippen molar-refractivity contribution in [1.29, 1.82) is 0 Å². The van der Waals surface area contributed by atoms with Crippen LogP contribution in [0.1, 0.15) is 44.9 Å². The molecule has 2 aliphatic heterocycles. The summed E-state index contributed by atoms with van der Waals surface area (Å²) in [6.45, 7) is 1.06. The van der Waals surface area contributed by atoms with Gasteiger partial charge in [-0.05, 0) is 44.4 Å². The third-order valence-corrected chi connectivity index (χ3v) is 8.52. The van der Waals surface area contributed by atoms with Crippen molar-refractivity contribution in [3.8, 4) is 22.4 Å². The van der Waals surface area contributed by atoms with E-state index in [-0.39, 0.29) is 0 Å². The minimum absolute atomic E-state index is 0.507. The smallest absolute Gasteiger partial charge is 0.245 e. The van der Waals surface area contributed by atoms with E-state index in [1.165, 1.54) is 44.9 Å². The molecule has 2 bridgehead atoms. The van der Waals surface area contributed by atoms with Crippen LogP contribution in [0.3, 0.4) is 0 Å². The van der Waals surface area contributed by atoms with E-state index in [9.17, 15) is 0 Å². The van der Waals surface area contributed by atoms with Gasteiger partial charge in [-0.25, -0.2) is 9.97 Å². The molecule has 0 spiro atoms.